The maximum atomic E-state index is 13.0. The summed E-state index contributed by atoms with van der Waals surface area (Å²) in [5, 5.41) is 10.7. The van der Waals surface area contributed by atoms with Gasteiger partial charge in [0.1, 0.15) is 0 Å². The average molecular weight is 478 g/mol. The second-order valence-corrected chi connectivity index (χ2v) is 10.4. The Hall–Kier alpha value is -2.68. The lowest BCUT2D eigenvalue weighted by Gasteiger charge is -2.36. The molecule has 35 heavy (non-hydrogen) atoms. The topological polar surface area (TPSA) is 72.4 Å². The fraction of sp³-hybridized carbons (Fsp3) is 0.556. The van der Waals surface area contributed by atoms with E-state index in [1.165, 1.54) is 24.0 Å². The minimum absolute atomic E-state index is 0.00913. The number of anilines is 1. The van der Waals surface area contributed by atoms with Crippen LogP contribution in [0.1, 0.15) is 29.7 Å². The Kier molecular flexibility index (Phi) is 6.35. The third-order valence-electron chi connectivity index (χ3n) is 7.99. The molecule has 5 heterocycles. The molecule has 0 spiro atoms. The number of rotatable bonds is 7. The third-order valence-corrected chi connectivity index (χ3v) is 7.99. The number of aliphatic hydroxyl groups excluding tert-OH is 1. The van der Waals surface area contributed by atoms with Gasteiger partial charge in [0, 0.05) is 39.3 Å². The lowest BCUT2D eigenvalue weighted by Crippen LogP contribution is -2.46. The molecule has 8 heteroatoms. The quantitative estimate of drug-likeness (QED) is 0.659. The van der Waals surface area contributed by atoms with Crippen molar-refractivity contribution in [2.24, 2.45) is 0 Å². The largest absolute Gasteiger partial charge is 0.390 e. The molecule has 8 nitrogen and oxygen atoms in total. The van der Waals surface area contributed by atoms with Gasteiger partial charge in [0.05, 0.1) is 55.5 Å². The van der Waals surface area contributed by atoms with Gasteiger partial charge in [-0.3, -0.25) is 9.88 Å². The molecule has 0 saturated carbocycles. The maximum absolute atomic E-state index is 13.0. The first-order valence-electron chi connectivity index (χ1n) is 13.0. The van der Waals surface area contributed by atoms with E-state index in [4.69, 9.17) is 4.74 Å². The Bertz CT molecular complexity index is 1030. The van der Waals surface area contributed by atoms with Crippen molar-refractivity contribution in [2.45, 2.75) is 50.5 Å². The number of hydrogen-bond acceptors (Lipinski definition) is 6. The SMILES string of the molecule is O=C1N(Cc2ccc(N3C4CCC3COC4)cn2)CCN1C[C@H](O)CN1CCc2ccccc2C1. The Balaban J connectivity index is 1.00. The summed E-state index contributed by atoms with van der Waals surface area (Å²) in [4.78, 5) is 26.0. The number of carbonyl (C=O) groups excluding carboxylic acids is 1. The summed E-state index contributed by atoms with van der Waals surface area (Å²) in [6, 6.07) is 13.6. The van der Waals surface area contributed by atoms with E-state index in [0.717, 1.165) is 44.1 Å². The standard InChI is InChI=1S/C27H35N5O3/c33-26(16-29-10-9-20-3-1-2-4-21(20)14-29)17-31-12-11-30(27(31)34)15-22-5-6-23(13-28-22)32-24-7-8-25(32)19-35-18-24/h1-6,13,24-26,33H,7-12,14-19H2/t24?,25?,26-/m1/s1. The molecule has 2 aromatic rings. The first-order chi connectivity index (χ1) is 17.1. The molecule has 1 aromatic heterocycles. The van der Waals surface area contributed by atoms with E-state index in [9.17, 15) is 9.90 Å². The molecule has 2 amide bonds. The number of aliphatic hydroxyl groups is 1. The Morgan fingerprint density at radius 2 is 1.74 bits per heavy atom. The normalized spacial score (nSPS) is 25.3. The van der Waals surface area contributed by atoms with E-state index in [1.807, 2.05) is 17.2 Å². The van der Waals surface area contributed by atoms with Crippen molar-refractivity contribution in [3.63, 3.8) is 0 Å². The van der Waals surface area contributed by atoms with Gasteiger partial charge in [-0.15, -0.1) is 0 Å². The number of nitrogens with zero attached hydrogens (tertiary/aromatic N) is 5. The van der Waals surface area contributed by atoms with Crippen molar-refractivity contribution < 1.29 is 14.6 Å². The van der Waals surface area contributed by atoms with Crippen LogP contribution in [0.25, 0.3) is 0 Å². The van der Waals surface area contributed by atoms with Gasteiger partial charge >= 0.3 is 6.03 Å². The van der Waals surface area contributed by atoms with Gasteiger partial charge in [0.15, 0.2) is 0 Å². The number of urea groups is 1. The molecule has 4 aliphatic heterocycles. The number of pyridine rings is 1. The van der Waals surface area contributed by atoms with Crippen LogP contribution in [0.5, 0.6) is 0 Å². The van der Waals surface area contributed by atoms with E-state index >= 15 is 0 Å². The van der Waals surface area contributed by atoms with Crippen molar-refractivity contribution in [3.8, 4) is 0 Å². The number of fused-ring (bicyclic) bond motifs is 3. The molecule has 4 aliphatic rings. The highest BCUT2D eigenvalue weighted by molar-refractivity contribution is 5.76. The molecule has 0 aliphatic carbocycles. The van der Waals surface area contributed by atoms with Crippen LogP contribution in [0, 0.1) is 0 Å². The highest BCUT2D eigenvalue weighted by Crippen LogP contribution is 2.33. The number of amides is 2. The van der Waals surface area contributed by atoms with Gasteiger partial charge in [-0.1, -0.05) is 24.3 Å². The van der Waals surface area contributed by atoms with Gasteiger partial charge in [0.2, 0.25) is 0 Å². The lowest BCUT2D eigenvalue weighted by atomic mass is 10.00. The van der Waals surface area contributed by atoms with Gasteiger partial charge < -0.3 is 24.5 Å². The molecule has 6 rings (SSSR count). The zero-order chi connectivity index (χ0) is 23.8. The van der Waals surface area contributed by atoms with Crippen molar-refractivity contribution in [1.82, 2.24) is 19.7 Å². The summed E-state index contributed by atoms with van der Waals surface area (Å²) >= 11 is 0. The van der Waals surface area contributed by atoms with Crippen LogP contribution in [0.4, 0.5) is 10.5 Å². The highest BCUT2D eigenvalue weighted by Gasteiger charge is 2.37. The summed E-state index contributed by atoms with van der Waals surface area (Å²) in [7, 11) is 0. The van der Waals surface area contributed by atoms with Crippen LogP contribution in [0.2, 0.25) is 0 Å². The zero-order valence-electron chi connectivity index (χ0n) is 20.3. The van der Waals surface area contributed by atoms with Gasteiger partial charge in [-0.05, 0) is 42.5 Å². The first-order valence-corrected chi connectivity index (χ1v) is 13.0. The number of aromatic nitrogens is 1. The van der Waals surface area contributed by atoms with Crippen molar-refractivity contribution in [3.05, 3.63) is 59.4 Å². The highest BCUT2D eigenvalue weighted by atomic mass is 16.5. The van der Waals surface area contributed by atoms with E-state index < -0.39 is 6.10 Å². The van der Waals surface area contributed by atoms with Gasteiger partial charge in [-0.2, -0.15) is 0 Å². The van der Waals surface area contributed by atoms with Crippen LogP contribution in [-0.4, -0.2) is 94.9 Å². The second-order valence-electron chi connectivity index (χ2n) is 10.4. The summed E-state index contributed by atoms with van der Waals surface area (Å²) in [5.74, 6) is 0. The molecule has 1 aromatic carbocycles. The molecule has 1 N–H and O–H groups in total. The van der Waals surface area contributed by atoms with Gasteiger partial charge in [-0.25, -0.2) is 4.79 Å². The van der Waals surface area contributed by atoms with Crippen LogP contribution >= 0.6 is 0 Å². The number of β-amino-alcohol motifs (C(OH)–C–C–N with tert-alkyl or cyclic N) is 1. The minimum Gasteiger partial charge on any atom is -0.390 e. The molecular formula is C27H35N5O3. The number of benzene rings is 1. The molecular weight excluding hydrogens is 442 g/mol. The average Bonchev–Trinajstić information content (AvgIpc) is 3.33. The Labute approximate surface area is 207 Å². The smallest absolute Gasteiger partial charge is 0.320 e. The van der Waals surface area contributed by atoms with Crippen LogP contribution in [0.3, 0.4) is 0 Å². The van der Waals surface area contributed by atoms with Gasteiger partial charge in [0.25, 0.3) is 0 Å². The zero-order valence-corrected chi connectivity index (χ0v) is 20.3. The third kappa shape index (κ3) is 4.75. The second kappa shape index (κ2) is 9.76. The molecule has 2 bridgehead atoms. The Morgan fingerprint density at radius 3 is 2.51 bits per heavy atom. The predicted molar refractivity (Wildman–Crippen MR) is 133 cm³/mol. The molecule has 2 unspecified atom stereocenters. The van der Waals surface area contributed by atoms with Crippen molar-refractivity contribution in [1.29, 1.82) is 0 Å². The fourth-order valence-electron chi connectivity index (χ4n) is 6.18. The fourth-order valence-corrected chi connectivity index (χ4v) is 6.18. The van der Waals surface area contributed by atoms with E-state index in [-0.39, 0.29) is 6.03 Å². The first kappa shape index (κ1) is 22.8. The predicted octanol–water partition coefficient (Wildman–Crippen LogP) is 2.11. The number of hydrogen-bond donors (Lipinski definition) is 1. The van der Waals surface area contributed by atoms with Crippen molar-refractivity contribution in [2.75, 3.05) is 50.8 Å². The summed E-state index contributed by atoms with van der Waals surface area (Å²) in [6.45, 7) is 6.19. The molecule has 3 atom stereocenters. The molecule has 186 valence electrons. The monoisotopic (exact) mass is 477 g/mol. The molecule has 3 saturated heterocycles. The van der Waals surface area contributed by atoms with E-state index in [0.29, 0.717) is 44.8 Å². The van der Waals surface area contributed by atoms with E-state index in [2.05, 4.69) is 45.1 Å². The molecule has 3 fully saturated rings. The maximum Gasteiger partial charge on any atom is 0.320 e. The van der Waals surface area contributed by atoms with Crippen LogP contribution in [0.15, 0.2) is 42.6 Å². The lowest BCUT2D eigenvalue weighted by molar-refractivity contribution is 0.0812. The summed E-state index contributed by atoms with van der Waals surface area (Å²) in [6.07, 6.45) is 4.77. The van der Waals surface area contributed by atoms with Crippen LogP contribution in [-0.2, 0) is 24.2 Å². The summed E-state index contributed by atoms with van der Waals surface area (Å²) in [5.41, 5.74) is 4.80. The van der Waals surface area contributed by atoms with Crippen molar-refractivity contribution >= 4 is 11.7 Å². The number of carbonyl (C=O) groups is 1. The Morgan fingerprint density at radius 1 is 0.971 bits per heavy atom. The van der Waals surface area contributed by atoms with Crippen LogP contribution < -0.4 is 4.90 Å². The number of morpholine rings is 1. The van der Waals surface area contributed by atoms with E-state index in [1.54, 1.807) is 4.90 Å². The number of ether oxygens (including phenoxy) is 1. The molecule has 0 radical (unpaired) electrons. The minimum atomic E-state index is -0.550. The summed E-state index contributed by atoms with van der Waals surface area (Å²) < 4.78 is 5.70.